The van der Waals surface area contributed by atoms with Crippen molar-refractivity contribution >= 4 is 29.3 Å². The zero-order valence-corrected chi connectivity index (χ0v) is 19.6. The molecule has 1 amide bonds. The molecule has 1 aliphatic rings. The number of hydrogen-bond acceptors (Lipinski definition) is 5. The molecule has 1 saturated heterocycles. The number of likely N-dealkylation sites (tertiary alicyclic amines) is 1. The van der Waals surface area contributed by atoms with E-state index in [1.54, 1.807) is 6.26 Å². The van der Waals surface area contributed by atoms with E-state index in [2.05, 4.69) is 24.0 Å². The van der Waals surface area contributed by atoms with E-state index in [1.807, 2.05) is 52.8 Å². The summed E-state index contributed by atoms with van der Waals surface area (Å²) < 4.78 is 7.56. The number of piperidine rings is 1. The van der Waals surface area contributed by atoms with Gasteiger partial charge in [-0.2, -0.15) is 0 Å². The molecule has 1 fully saturated rings. The topological polar surface area (TPSA) is 64.2 Å². The van der Waals surface area contributed by atoms with Gasteiger partial charge in [-0.25, -0.2) is 0 Å². The molecule has 1 aliphatic heterocycles. The third kappa shape index (κ3) is 5.15. The van der Waals surface area contributed by atoms with Gasteiger partial charge in [0.15, 0.2) is 11.0 Å². The highest BCUT2D eigenvalue weighted by Crippen LogP contribution is 2.30. The normalized spacial score (nSPS) is 20.1. The minimum atomic E-state index is -0.255. The first-order valence-electron chi connectivity index (χ1n) is 10.6. The third-order valence-electron chi connectivity index (χ3n) is 5.52. The molecule has 2 aromatic heterocycles. The molecule has 0 aliphatic carbocycles. The number of aromatic nitrogens is 3. The fourth-order valence-corrected chi connectivity index (χ4v) is 5.26. The molecular formula is C23H27ClN4O2S. The standard InChI is InChI=1S/C23H27ClN4O2S/c1-15-11-16(2)13-27(12-15)22(29)17(3)31-23-26-25-21(18-6-8-19(24)9-7-18)28(23)14-20-5-4-10-30-20/h4-10,15-17H,11-14H2,1-3H3. The van der Waals surface area contributed by atoms with E-state index in [0.717, 1.165) is 30.2 Å². The van der Waals surface area contributed by atoms with E-state index >= 15 is 0 Å². The SMILES string of the molecule is CC1CC(C)CN(C(=O)C(C)Sc2nnc(-c3ccc(Cl)cc3)n2Cc2ccco2)C1. The van der Waals surface area contributed by atoms with Gasteiger partial charge in [0, 0.05) is 23.7 Å². The number of thioether (sulfide) groups is 1. The quantitative estimate of drug-likeness (QED) is 0.473. The van der Waals surface area contributed by atoms with Gasteiger partial charge < -0.3 is 9.32 Å². The molecule has 31 heavy (non-hydrogen) atoms. The predicted molar refractivity (Wildman–Crippen MR) is 123 cm³/mol. The Balaban J connectivity index is 1.58. The monoisotopic (exact) mass is 458 g/mol. The summed E-state index contributed by atoms with van der Waals surface area (Å²) in [6, 6.07) is 11.3. The van der Waals surface area contributed by atoms with E-state index in [1.165, 1.54) is 18.2 Å². The molecule has 6 nitrogen and oxygen atoms in total. The summed E-state index contributed by atoms with van der Waals surface area (Å²) in [5, 5.41) is 9.96. The van der Waals surface area contributed by atoms with Crippen LogP contribution in [0.5, 0.6) is 0 Å². The van der Waals surface area contributed by atoms with Gasteiger partial charge in [-0.3, -0.25) is 9.36 Å². The Morgan fingerprint density at radius 1 is 1.19 bits per heavy atom. The summed E-state index contributed by atoms with van der Waals surface area (Å²) >= 11 is 7.50. The maximum Gasteiger partial charge on any atom is 0.235 e. The number of benzene rings is 1. The van der Waals surface area contributed by atoms with E-state index in [-0.39, 0.29) is 11.2 Å². The second-order valence-electron chi connectivity index (χ2n) is 8.43. The number of nitrogens with zero attached hydrogens (tertiary/aromatic N) is 4. The first-order valence-corrected chi connectivity index (χ1v) is 11.8. The zero-order valence-electron chi connectivity index (χ0n) is 18.0. The Morgan fingerprint density at radius 3 is 2.55 bits per heavy atom. The van der Waals surface area contributed by atoms with Crippen molar-refractivity contribution in [3.8, 4) is 11.4 Å². The van der Waals surface area contributed by atoms with Gasteiger partial charge in [-0.15, -0.1) is 10.2 Å². The van der Waals surface area contributed by atoms with Crippen LogP contribution in [0, 0.1) is 11.8 Å². The van der Waals surface area contributed by atoms with E-state index in [4.69, 9.17) is 16.0 Å². The van der Waals surface area contributed by atoms with Crippen molar-refractivity contribution in [3.05, 3.63) is 53.4 Å². The van der Waals surface area contributed by atoms with Crippen molar-refractivity contribution in [3.63, 3.8) is 0 Å². The predicted octanol–water partition coefficient (Wildman–Crippen LogP) is 5.22. The summed E-state index contributed by atoms with van der Waals surface area (Å²) in [6.45, 7) is 8.51. The smallest absolute Gasteiger partial charge is 0.235 e. The number of furan rings is 1. The summed E-state index contributed by atoms with van der Waals surface area (Å²) in [5.41, 5.74) is 0.910. The second-order valence-corrected chi connectivity index (χ2v) is 10.2. The first-order chi connectivity index (χ1) is 14.9. The highest BCUT2D eigenvalue weighted by atomic mass is 35.5. The molecule has 4 rings (SSSR count). The Hall–Kier alpha value is -2.25. The molecule has 0 bridgehead atoms. The van der Waals surface area contributed by atoms with Crippen molar-refractivity contribution in [2.24, 2.45) is 11.8 Å². The lowest BCUT2D eigenvalue weighted by Gasteiger charge is -2.36. The fourth-order valence-electron chi connectivity index (χ4n) is 4.20. The summed E-state index contributed by atoms with van der Waals surface area (Å²) in [5.74, 6) is 2.74. The molecule has 8 heteroatoms. The van der Waals surface area contributed by atoms with Crippen LogP contribution >= 0.6 is 23.4 Å². The number of amides is 1. The molecule has 164 valence electrons. The van der Waals surface area contributed by atoms with Gasteiger partial charge >= 0.3 is 0 Å². The largest absolute Gasteiger partial charge is 0.467 e. The van der Waals surface area contributed by atoms with Gasteiger partial charge in [-0.05, 0) is 61.6 Å². The zero-order chi connectivity index (χ0) is 22.0. The van der Waals surface area contributed by atoms with Crippen molar-refractivity contribution in [1.29, 1.82) is 0 Å². The van der Waals surface area contributed by atoms with Gasteiger partial charge in [-0.1, -0.05) is 37.2 Å². The number of hydrogen-bond donors (Lipinski definition) is 0. The minimum absolute atomic E-state index is 0.156. The van der Waals surface area contributed by atoms with Crippen LogP contribution in [0.15, 0.2) is 52.2 Å². The lowest BCUT2D eigenvalue weighted by Crippen LogP contribution is -2.45. The molecular weight excluding hydrogens is 432 g/mol. The number of rotatable bonds is 6. The molecule has 0 N–H and O–H groups in total. The number of carbonyl (C=O) groups excluding carboxylic acids is 1. The summed E-state index contributed by atoms with van der Waals surface area (Å²) in [4.78, 5) is 15.2. The molecule has 0 spiro atoms. The van der Waals surface area contributed by atoms with Crippen LogP contribution in [0.4, 0.5) is 0 Å². The molecule has 3 unspecified atom stereocenters. The van der Waals surface area contributed by atoms with Crippen molar-refractivity contribution < 1.29 is 9.21 Å². The molecule has 1 aromatic carbocycles. The van der Waals surface area contributed by atoms with Gasteiger partial charge in [0.2, 0.25) is 5.91 Å². The molecule has 3 aromatic rings. The Morgan fingerprint density at radius 2 is 1.90 bits per heavy atom. The second kappa shape index (κ2) is 9.49. The molecule has 3 heterocycles. The van der Waals surface area contributed by atoms with Crippen LogP contribution in [-0.2, 0) is 11.3 Å². The number of halogens is 1. The third-order valence-corrected chi connectivity index (χ3v) is 6.84. The van der Waals surface area contributed by atoms with Crippen LogP contribution in [-0.4, -0.2) is 43.9 Å². The van der Waals surface area contributed by atoms with Crippen molar-refractivity contribution in [1.82, 2.24) is 19.7 Å². The highest BCUT2D eigenvalue weighted by molar-refractivity contribution is 8.00. The van der Waals surface area contributed by atoms with Gasteiger partial charge in [0.25, 0.3) is 0 Å². The Labute approximate surface area is 192 Å². The number of carbonyl (C=O) groups is 1. The van der Waals surface area contributed by atoms with Crippen LogP contribution < -0.4 is 0 Å². The fraction of sp³-hybridized carbons (Fsp3) is 0.435. The van der Waals surface area contributed by atoms with E-state index in [0.29, 0.717) is 28.6 Å². The van der Waals surface area contributed by atoms with Crippen molar-refractivity contribution in [2.75, 3.05) is 13.1 Å². The van der Waals surface area contributed by atoms with Crippen LogP contribution in [0.25, 0.3) is 11.4 Å². The van der Waals surface area contributed by atoms with Crippen LogP contribution in [0.2, 0.25) is 5.02 Å². The van der Waals surface area contributed by atoms with Gasteiger partial charge in [0.05, 0.1) is 18.1 Å². The van der Waals surface area contributed by atoms with Crippen LogP contribution in [0.3, 0.4) is 0 Å². The van der Waals surface area contributed by atoms with Crippen LogP contribution in [0.1, 0.15) is 33.0 Å². The lowest BCUT2D eigenvalue weighted by molar-refractivity contribution is -0.132. The summed E-state index contributed by atoms with van der Waals surface area (Å²) in [7, 11) is 0. The van der Waals surface area contributed by atoms with E-state index in [9.17, 15) is 4.79 Å². The summed E-state index contributed by atoms with van der Waals surface area (Å²) in [6.07, 6.45) is 2.83. The van der Waals surface area contributed by atoms with E-state index < -0.39 is 0 Å². The van der Waals surface area contributed by atoms with Crippen molar-refractivity contribution in [2.45, 2.75) is 44.1 Å². The maximum absolute atomic E-state index is 13.2. The molecule has 3 atom stereocenters. The Kier molecular flexibility index (Phi) is 6.72. The first kappa shape index (κ1) is 22.0. The molecule has 0 saturated carbocycles. The average Bonchev–Trinajstić information content (AvgIpc) is 3.38. The highest BCUT2D eigenvalue weighted by Gasteiger charge is 2.30. The Bertz CT molecular complexity index is 1010. The lowest BCUT2D eigenvalue weighted by atomic mass is 9.92. The molecule has 0 radical (unpaired) electrons. The van der Waals surface area contributed by atoms with Gasteiger partial charge in [0.1, 0.15) is 5.76 Å². The average molecular weight is 459 g/mol. The minimum Gasteiger partial charge on any atom is -0.467 e. The maximum atomic E-state index is 13.2.